The molecule has 0 atom stereocenters. The summed E-state index contributed by atoms with van der Waals surface area (Å²) >= 11 is 6.99. The number of amides is 1. The molecule has 5 heteroatoms. The molecule has 0 aliphatic heterocycles. The molecular formula is C7H8ClNO2S. The van der Waals surface area contributed by atoms with E-state index in [1.807, 2.05) is 6.92 Å². The van der Waals surface area contributed by atoms with Crippen molar-refractivity contribution in [2.75, 3.05) is 6.61 Å². The van der Waals surface area contributed by atoms with Gasteiger partial charge in [0, 0.05) is 5.38 Å². The van der Waals surface area contributed by atoms with Crippen molar-refractivity contribution in [2.24, 2.45) is 5.73 Å². The topological polar surface area (TPSA) is 52.3 Å². The van der Waals surface area contributed by atoms with Crippen LogP contribution in [0.2, 0.25) is 4.34 Å². The number of rotatable bonds is 3. The van der Waals surface area contributed by atoms with E-state index in [9.17, 15) is 4.79 Å². The molecule has 0 saturated heterocycles. The summed E-state index contributed by atoms with van der Waals surface area (Å²) < 4.78 is 5.61. The zero-order chi connectivity index (χ0) is 9.14. The van der Waals surface area contributed by atoms with Gasteiger partial charge in [0.1, 0.15) is 4.34 Å². The molecule has 0 saturated carbocycles. The van der Waals surface area contributed by atoms with E-state index in [0.717, 1.165) is 0 Å². The summed E-state index contributed by atoms with van der Waals surface area (Å²) in [6.07, 6.45) is 0. The molecule has 0 aliphatic rings. The number of nitrogens with two attached hydrogens (primary N) is 1. The van der Waals surface area contributed by atoms with Gasteiger partial charge in [0.2, 0.25) is 0 Å². The lowest BCUT2D eigenvalue weighted by molar-refractivity contribution is 0.0997. The van der Waals surface area contributed by atoms with Crippen molar-refractivity contribution in [1.29, 1.82) is 0 Å². The van der Waals surface area contributed by atoms with Gasteiger partial charge >= 0.3 is 0 Å². The van der Waals surface area contributed by atoms with E-state index in [4.69, 9.17) is 22.1 Å². The zero-order valence-corrected chi connectivity index (χ0v) is 8.04. The van der Waals surface area contributed by atoms with Gasteiger partial charge in [-0.05, 0) is 6.92 Å². The summed E-state index contributed by atoms with van der Waals surface area (Å²) in [5.74, 6) is -0.113. The van der Waals surface area contributed by atoms with Crippen molar-refractivity contribution in [3.63, 3.8) is 0 Å². The highest BCUT2D eigenvalue weighted by molar-refractivity contribution is 7.15. The number of carbonyl (C=O) groups excluding carboxylic acids is 1. The second-order valence-corrected chi connectivity index (χ2v) is 3.53. The number of hydrogen-bond acceptors (Lipinski definition) is 3. The summed E-state index contributed by atoms with van der Waals surface area (Å²) in [7, 11) is 0. The van der Waals surface area contributed by atoms with E-state index in [0.29, 0.717) is 22.3 Å². The van der Waals surface area contributed by atoms with Crippen molar-refractivity contribution in [3.05, 3.63) is 15.3 Å². The third kappa shape index (κ3) is 1.70. The summed E-state index contributed by atoms with van der Waals surface area (Å²) in [5.41, 5.74) is 5.44. The van der Waals surface area contributed by atoms with Crippen LogP contribution >= 0.6 is 22.9 Å². The van der Waals surface area contributed by atoms with Crippen LogP contribution in [0, 0.1) is 0 Å². The molecule has 0 aromatic carbocycles. The van der Waals surface area contributed by atoms with Crippen molar-refractivity contribution in [3.8, 4) is 5.75 Å². The predicted molar refractivity (Wildman–Crippen MR) is 49.0 cm³/mol. The maximum absolute atomic E-state index is 10.8. The van der Waals surface area contributed by atoms with Gasteiger partial charge in [0.05, 0.1) is 12.2 Å². The lowest BCUT2D eigenvalue weighted by Gasteiger charge is -2.01. The molecule has 0 bridgehead atoms. The molecular weight excluding hydrogens is 198 g/mol. The number of primary amides is 1. The second kappa shape index (κ2) is 3.78. The average Bonchev–Trinajstić information content (AvgIpc) is 2.34. The summed E-state index contributed by atoms with van der Waals surface area (Å²) in [4.78, 5) is 10.8. The number of thiophene rings is 1. The fourth-order valence-electron chi connectivity index (χ4n) is 0.772. The van der Waals surface area contributed by atoms with Crippen molar-refractivity contribution in [1.82, 2.24) is 0 Å². The Bertz CT molecular complexity index is 298. The first-order valence-corrected chi connectivity index (χ1v) is 4.62. The van der Waals surface area contributed by atoms with Crippen LogP contribution in [-0.4, -0.2) is 12.5 Å². The van der Waals surface area contributed by atoms with Crippen molar-refractivity contribution >= 4 is 28.8 Å². The van der Waals surface area contributed by atoms with Gasteiger partial charge < -0.3 is 10.5 Å². The van der Waals surface area contributed by atoms with Gasteiger partial charge in [-0.3, -0.25) is 4.79 Å². The Morgan fingerprint density at radius 3 is 3.00 bits per heavy atom. The van der Waals surface area contributed by atoms with Gasteiger partial charge in [-0.25, -0.2) is 0 Å². The molecule has 1 aromatic rings. The van der Waals surface area contributed by atoms with Crippen molar-refractivity contribution in [2.45, 2.75) is 6.92 Å². The first kappa shape index (κ1) is 9.35. The fraction of sp³-hybridized carbons (Fsp3) is 0.286. The first-order valence-electron chi connectivity index (χ1n) is 3.36. The summed E-state index contributed by atoms with van der Waals surface area (Å²) in [6, 6.07) is 0. The molecule has 12 heavy (non-hydrogen) atoms. The van der Waals surface area contributed by atoms with Crippen LogP contribution in [0.3, 0.4) is 0 Å². The van der Waals surface area contributed by atoms with Crippen molar-refractivity contribution < 1.29 is 9.53 Å². The third-order valence-electron chi connectivity index (χ3n) is 1.26. The molecule has 0 radical (unpaired) electrons. The average molecular weight is 206 g/mol. The van der Waals surface area contributed by atoms with Gasteiger partial charge in [0.25, 0.3) is 5.91 Å². The Labute approximate surface area is 79.1 Å². The van der Waals surface area contributed by atoms with Crippen LogP contribution in [0.25, 0.3) is 0 Å². The Morgan fingerprint density at radius 1 is 1.83 bits per heavy atom. The monoisotopic (exact) mass is 205 g/mol. The molecule has 66 valence electrons. The van der Waals surface area contributed by atoms with Gasteiger partial charge in [0.15, 0.2) is 5.75 Å². The highest BCUT2D eigenvalue weighted by Crippen LogP contribution is 2.34. The van der Waals surface area contributed by atoms with Crippen LogP contribution < -0.4 is 10.5 Å². The third-order valence-corrected chi connectivity index (χ3v) is 2.44. The largest absolute Gasteiger partial charge is 0.491 e. The number of carbonyl (C=O) groups is 1. The zero-order valence-electron chi connectivity index (χ0n) is 6.46. The Kier molecular flexibility index (Phi) is 2.94. The predicted octanol–water partition coefficient (Wildman–Crippen LogP) is 1.90. The summed E-state index contributed by atoms with van der Waals surface area (Å²) in [5, 5.41) is 1.59. The van der Waals surface area contributed by atoms with Gasteiger partial charge in [-0.15, -0.1) is 11.3 Å². The molecule has 1 rings (SSSR count). The molecule has 3 nitrogen and oxygen atoms in total. The highest BCUT2D eigenvalue weighted by atomic mass is 35.5. The summed E-state index contributed by atoms with van der Waals surface area (Å²) in [6.45, 7) is 2.29. The first-order chi connectivity index (χ1) is 5.66. The molecule has 0 spiro atoms. The standard InChI is InChI=1S/C7H8ClNO2S/c1-2-11-5-4(7(9)10)3-12-6(5)8/h3H,2H2,1H3,(H2,9,10). The molecule has 0 fully saturated rings. The molecule has 2 N–H and O–H groups in total. The maximum atomic E-state index is 10.8. The van der Waals surface area contributed by atoms with E-state index in [-0.39, 0.29) is 0 Å². The quantitative estimate of drug-likeness (QED) is 0.820. The minimum Gasteiger partial charge on any atom is -0.491 e. The lowest BCUT2D eigenvalue weighted by atomic mass is 10.3. The second-order valence-electron chi connectivity index (χ2n) is 2.05. The number of halogens is 1. The number of hydrogen-bond donors (Lipinski definition) is 1. The molecule has 0 unspecified atom stereocenters. The Hall–Kier alpha value is -0.740. The van der Waals surface area contributed by atoms with Crippen LogP contribution in [0.15, 0.2) is 5.38 Å². The lowest BCUT2D eigenvalue weighted by Crippen LogP contribution is -2.11. The van der Waals surface area contributed by atoms with E-state index >= 15 is 0 Å². The van der Waals surface area contributed by atoms with Gasteiger partial charge in [-0.1, -0.05) is 11.6 Å². The maximum Gasteiger partial charge on any atom is 0.253 e. The van der Waals surface area contributed by atoms with Crippen LogP contribution in [0.1, 0.15) is 17.3 Å². The molecule has 1 amide bonds. The van der Waals surface area contributed by atoms with E-state index in [2.05, 4.69) is 0 Å². The Morgan fingerprint density at radius 2 is 2.50 bits per heavy atom. The van der Waals surface area contributed by atoms with Crippen LogP contribution in [0.4, 0.5) is 0 Å². The number of ether oxygens (including phenoxy) is 1. The van der Waals surface area contributed by atoms with Crippen LogP contribution in [0.5, 0.6) is 5.75 Å². The van der Waals surface area contributed by atoms with Crippen LogP contribution in [-0.2, 0) is 0 Å². The SMILES string of the molecule is CCOc1c(C(N)=O)csc1Cl. The van der Waals surface area contributed by atoms with E-state index in [1.165, 1.54) is 11.3 Å². The van der Waals surface area contributed by atoms with E-state index in [1.54, 1.807) is 5.38 Å². The normalized spacial score (nSPS) is 9.83. The Balaban J connectivity index is 3.03. The minimum absolute atomic E-state index is 0.354. The van der Waals surface area contributed by atoms with E-state index < -0.39 is 5.91 Å². The fourth-order valence-corrected chi connectivity index (χ4v) is 1.78. The molecule has 0 aliphatic carbocycles. The minimum atomic E-state index is -0.512. The smallest absolute Gasteiger partial charge is 0.253 e. The molecule has 1 heterocycles. The highest BCUT2D eigenvalue weighted by Gasteiger charge is 2.14. The van der Waals surface area contributed by atoms with Gasteiger partial charge in [-0.2, -0.15) is 0 Å². The molecule has 1 aromatic heterocycles.